The molecule has 0 N–H and O–H groups in total. The van der Waals surface area contributed by atoms with E-state index in [1.807, 2.05) is 16.8 Å². The molecule has 1 fully saturated rings. The molecule has 162 valence electrons. The molecule has 0 radical (unpaired) electrons. The van der Waals surface area contributed by atoms with Crippen LogP contribution >= 0.6 is 23.2 Å². The highest BCUT2D eigenvalue weighted by Gasteiger charge is 2.26. The summed E-state index contributed by atoms with van der Waals surface area (Å²) in [6.45, 7) is 1.76. The molecular weight excluding hydrogens is 440 g/mol. The first-order chi connectivity index (χ1) is 15.0. The minimum atomic E-state index is -0.541. The third-order valence-corrected chi connectivity index (χ3v) is 5.92. The summed E-state index contributed by atoms with van der Waals surface area (Å²) >= 11 is 12.3. The van der Waals surface area contributed by atoms with Crippen molar-refractivity contribution in [1.82, 2.24) is 14.5 Å². The summed E-state index contributed by atoms with van der Waals surface area (Å²) in [6.07, 6.45) is 5.27. The van der Waals surface area contributed by atoms with E-state index in [1.54, 1.807) is 35.4 Å². The van der Waals surface area contributed by atoms with Gasteiger partial charge in [0.05, 0.1) is 24.8 Å². The van der Waals surface area contributed by atoms with E-state index >= 15 is 0 Å². The molecule has 4 rings (SSSR count). The zero-order valence-corrected chi connectivity index (χ0v) is 18.3. The number of rotatable bonds is 7. The summed E-state index contributed by atoms with van der Waals surface area (Å²) < 4.78 is 22.0. The highest BCUT2D eigenvalue weighted by Crippen LogP contribution is 2.23. The molecule has 1 unspecified atom stereocenters. The number of amides is 1. The average molecular weight is 462 g/mol. The number of hydrogen-bond donors (Lipinski definition) is 0. The van der Waals surface area contributed by atoms with Crippen molar-refractivity contribution in [3.63, 3.8) is 0 Å². The maximum atomic E-state index is 14.3. The Balaban J connectivity index is 1.58. The van der Waals surface area contributed by atoms with E-state index in [0.717, 1.165) is 18.4 Å². The molecule has 0 saturated carbocycles. The molecule has 1 atom stereocenters. The monoisotopic (exact) mass is 461 g/mol. The molecule has 2 aromatic carbocycles. The van der Waals surface area contributed by atoms with Crippen LogP contribution in [0.3, 0.4) is 0 Å². The Morgan fingerprint density at radius 1 is 1.26 bits per heavy atom. The smallest absolute Gasteiger partial charge is 0.257 e. The average Bonchev–Trinajstić information content (AvgIpc) is 3.42. The molecule has 31 heavy (non-hydrogen) atoms. The molecule has 1 aliphatic rings. The fraction of sp³-hybridized carbons (Fsp3) is 0.304. The van der Waals surface area contributed by atoms with Crippen molar-refractivity contribution in [2.75, 3.05) is 13.2 Å². The van der Waals surface area contributed by atoms with Gasteiger partial charge in [-0.3, -0.25) is 4.79 Å². The molecule has 8 heteroatoms. The first-order valence-corrected chi connectivity index (χ1v) is 10.9. The molecule has 1 aromatic heterocycles. The SMILES string of the molecule is O=C(c1ccccc1F)N(Cc1nccn1Cc1ccc(Cl)cc1Cl)CC1CCCO1. The van der Waals surface area contributed by atoms with E-state index in [-0.39, 0.29) is 24.1 Å². The van der Waals surface area contributed by atoms with Crippen molar-refractivity contribution >= 4 is 29.1 Å². The van der Waals surface area contributed by atoms with E-state index in [4.69, 9.17) is 27.9 Å². The Morgan fingerprint density at radius 2 is 2.10 bits per heavy atom. The van der Waals surface area contributed by atoms with Gasteiger partial charge in [-0.15, -0.1) is 0 Å². The van der Waals surface area contributed by atoms with Crippen LogP contribution in [0.25, 0.3) is 0 Å². The van der Waals surface area contributed by atoms with E-state index in [2.05, 4.69) is 4.98 Å². The number of aromatic nitrogens is 2. The Hall–Kier alpha value is -2.41. The standard InChI is InChI=1S/C23H22Cl2FN3O2/c24-17-8-7-16(20(25)12-17)13-28-10-9-27-22(28)15-29(14-18-4-3-11-31-18)23(30)19-5-1-2-6-21(19)26/h1-2,5-10,12,18H,3-4,11,13-15H2. The van der Waals surface area contributed by atoms with Gasteiger partial charge in [0.1, 0.15) is 11.6 Å². The number of imidazole rings is 1. The Bertz CT molecular complexity index is 1070. The van der Waals surface area contributed by atoms with Crippen LogP contribution in [0.4, 0.5) is 4.39 Å². The van der Waals surface area contributed by atoms with Gasteiger partial charge in [-0.1, -0.05) is 41.4 Å². The maximum Gasteiger partial charge on any atom is 0.257 e. The van der Waals surface area contributed by atoms with Crippen molar-refractivity contribution in [2.45, 2.75) is 32.0 Å². The second-order valence-electron chi connectivity index (χ2n) is 7.51. The van der Waals surface area contributed by atoms with Gasteiger partial charge in [0.25, 0.3) is 5.91 Å². The van der Waals surface area contributed by atoms with Gasteiger partial charge in [0.2, 0.25) is 0 Å². The molecule has 1 amide bonds. The summed E-state index contributed by atoms with van der Waals surface area (Å²) in [5.41, 5.74) is 0.927. The van der Waals surface area contributed by atoms with Crippen LogP contribution in [0.2, 0.25) is 10.0 Å². The van der Waals surface area contributed by atoms with E-state index in [9.17, 15) is 9.18 Å². The molecule has 1 saturated heterocycles. The first-order valence-electron chi connectivity index (χ1n) is 10.1. The van der Waals surface area contributed by atoms with Crippen LogP contribution in [0.5, 0.6) is 0 Å². The van der Waals surface area contributed by atoms with Gasteiger partial charge in [-0.05, 0) is 42.7 Å². The van der Waals surface area contributed by atoms with E-state index in [1.165, 1.54) is 12.1 Å². The summed E-state index contributed by atoms with van der Waals surface area (Å²) in [4.78, 5) is 19.2. The van der Waals surface area contributed by atoms with Gasteiger partial charge < -0.3 is 14.2 Å². The molecule has 1 aliphatic heterocycles. The minimum Gasteiger partial charge on any atom is -0.376 e. The number of halogens is 3. The summed E-state index contributed by atoms with van der Waals surface area (Å²) in [7, 11) is 0. The number of benzene rings is 2. The molecule has 2 heterocycles. The van der Waals surface area contributed by atoms with Crippen LogP contribution in [0, 0.1) is 5.82 Å². The van der Waals surface area contributed by atoms with Crippen molar-refractivity contribution < 1.29 is 13.9 Å². The van der Waals surface area contributed by atoms with Crippen LogP contribution in [-0.4, -0.2) is 39.6 Å². The Kier molecular flexibility index (Phi) is 6.90. The maximum absolute atomic E-state index is 14.3. The fourth-order valence-electron chi connectivity index (χ4n) is 3.70. The van der Waals surface area contributed by atoms with Crippen molar-refractivity contribution in [2.24, 2.45) is 0 Å². The lowest BCUT2D eigenvalue weighted by Crippen LogP contribution is -2.38. The number of carbonyl (C=O) groups is 1. The van der Waals surface area contributed by atoms with E-state index < -0.39 is 5.82 Å². The third kappa shape index (κ3) is 5.26. The highest BCUT2D eigenvalue weighted by atomic mass is 35.5. The molecular formula is C23H22Cl2FN3O2. The predicted octanol–water partition coefficient (Wildman–Crippen LogP) is 5.20. The topological polar surface area (TPSA) is 47.4 Å². The minimum absolute atomic E-state index is 0.0411. The molecule has 5 nitrogen and oxygen atoms in total. The molecule has 0 spiro atoms. The number of ether oxygens (including phenoxy) is 1. The number of hydrogen-bond acceptors (Lipinski definition) is 3. The van der Waals surface area contributed by atoms with Gasteiger partial charge in [-0.25, -0.2) is 9.37 Å². The summed E-state index contributed by atoms with van der Waals surface area (Å²) in [6, 6.07) is 11.4. The van der Waals surface area contributed by atoms with Gasteiger partial charge in [0, 0.05) is 35.6 Å². The number of nitrogens with zero attached hydrogens (tertiary/aromatic N) is 3. The highest BCUT2D eigenvalue weighted by molar-refractivity contribution is 6.35. The fourth-order valence-corrected chi connectivity index (χ4v) is 4.17. The lowest BCUT2D eigenvalue weighted by atomic mass is 10.1. The van der Waals surface area contributed by atoms with Crippen molar-refractivity contribution in [1.29, 1.82) is 0 Å². The largest absolute Gasteiger partial charge is 0.376 e. The summed E-state index contributed by atoms with van der Waals surface area (Å²) in [5, 5.41) is 1.13. The van der Waals surface area contributed by atoms with Crippen LogP contribution in [0.15, 0.2) is 54.9 Å². The second-order valence-corrected chi connectivity index (χ2v) is 8.35. The first kappa shape index (κ1) is 21.8. The Labute approximate surface area is 190 Å². The zero-order valence-electron chi connectivity index (χ0n) is 16.8. The van der Waals surface area contributed by atoms with Crippen LogP contribution < -0.4 is 0 Å². The van der Waals surface area contributed by atoms with Gasteiger partial charge >= 0.3 is 0 Å². The predicted molar refractivity (Wildman–Crippen MR) is 118 cm³/mol. The van der Waals surface area contributed by atoms with Gasteiger partial charge in [-0.2, -0.15) is 0 Å². The normalized spacial score (nSPS) is 15.9. The lowest BCUT2D eigenvalue weighted by molar-refractivity contribution is 0.0495. The zero-order chi connectivity index (χ0) is 21.8. The lowest BCUT2D eigenvalue weighted by Gasteiger charge is -2.26. The Morgan fingerprint density at radius 3 is 2.84 bits per heavy atom. The molecule has 3 aromatic rings. The number of carbonyl (C=O) groups excluding carboxylic acids is 1. The summed E-state index contributed by atoms with van der Waals surface area (Å²) in [5.74, 6) is -0.248. The van der Waals surface area contributed by atoms with Crippen molar-refractivity contribution in [3.8, 4) is 0 Å². The van der Waals surface area contributed by atoms with Crippen LogP contribution in [-0.2, 0) is 17.8 Å². The van der Waals surface area contributed by atoms with Crippen LogP contribution in [0.1, 0.15) is 34.6 Å². The quantitative estimate of drug-likeness (QED) is 0.485. The van der Waals surface area contributed by atoms with Crippen molar-refractivity contribution in [3.05, 3.63) is 87.7 Å². The second kappa shape index (κ2) is 9.81. The third-order valence-electron chi connectivity index (χ3n) is 5.33. The van der Waals surface area contributed by atoms with Gasteiger partial charge in [0.15, 0.2) is 0 Å². The molecule has 0 bridgehead atoms. The van der Waals surface area contributed by atoms with E-state index in [0.29, 0.717) is 35.6 Å². The molecule has 0 aliphatic carbocycles.